The van der Waals surface area contributed by atoms with Crippen LogP contribution >= 0.6 is 15.9 Å². The normalized spacial score (nSPS) is 36.5. The van der Waals surface area contributed by atoms with Crippen LogP contribution in [0.15, 0.2) is 16.6 Å². The van der Waals surface area contributed by atoms with Crippen molar-refractivity contribution in [3.05, 3.63) is 27.7 Å². The molecule has 0 N–H and O–H groups in total. The van der Waals surface area contributed by atoms with Crippen molar-refractivity contribution in [3.63, 3.8) is 0 Å². The molecule has 138 valence electrons. The van der Waals surface area contributed by atoms with Gasteiger partial charge < -0.3 is 14.2 Å². The van der Waals surface area contributed by atoms with E-state index in [1.165, 1.54) is 37.7 Å². The molecule has 3 nitrogen and oxygen atoms in total. The molecule has 3 aliphatic carbocycles. The van der Waals surface area contributed by atoms with Gasteiger partial charge in [0.05, 0.1) is 10.6 Å². The topological polar surface area (TPSA) is 27.7 Å². The highest BCUT2D eigenvalue weighted by molar-refractivity contribution is 9.10. The number of hydrogen-bond donors (Lipinski definition) is 0. The molecule has 2 saturated carbocycles. The van der Waals surface area contributed by atoms with Crippen molar-refractivity contribution in [2.24, 2.45) is 17.3 Å². The summed E-state index contributed by atoms with van der Waals surface area (Å²) < 4.78 is 17.8. The zero-order chi connectivity index (χ0) is 17.6. The maximum absolute atomic E-state index is 5.87. The number of rotatable bonds is 4. The summed E-state index contributed by atoms with van der Waals surface area (Å²) in [4.78, 5) is 0. The zero-order valence-electron chi connectivity index (χ0n) is 15.5. The second-order valence-electron chi connectivity index (χ2n) is 8.26. The highest BCUT2D eigenvalue weighted by Crippen LogP contribution is 2.62. The van der Waals surface area contributed by atoms with Gasteiger partial charge in [-0.1, -0.05) is 13.0 Å². The minimum atomic E-state index is 0.294. The lowest BCUT2D eigenvalue weighted by Crippen LogP contribution is -2.44. The van der Waals surface area contributed by atoms with Crippen LogP contribution in [-0.4, -0.2) is 27.1 Å². The lowest BCUT2D eigenvalue weighted by molar-refractivity contribution is -0.0444. The highest BCUT2D eigenvalue weighted by atomic mass is 79.9. The van der Waals surface area contributed by atoms with Crippen LogP contribution in [0.4, 0.5) is 0 Å². The molecular weight excluding hydrogens is 380 g/mol. The summed E-state index contributed by atoms with van der Waals surface area (Å²) in [5.41, 5.74) is 3.39. The third kappa shape index (κ3) is 2.76. The highest BCUT2D eigenvalue weighted by Gasteiger charge is 2.55. The van der Waals surface area contributed by atoms with Crippen LogP contribution in [0.2, 0.25) is 0 Å². The molecule has 0 unspecified atom stereocenters. The van der Waals surface area contributed by atoms with E-state index in [1.54, 1.807) is 12.7 Å². The van der Waals surface area contributed by atoms with E-state index in [0.29, 0.717) is 24.2 Å². The van der Waals surface area contributed by atoms with E-state index >= 15 is 0 Å². The molecule has 0 aromatic heterocycles. The number of ether oxygens (including phenoxy) is 3. The summed E-state index contributed by atoms with van der Waals surface area (Å²) >= 11 is 3.80. The predicted octanol–water partition coefficient (Wildman–Crippen LogP) is 5.30. The summed E-state index contributed by atoms with van der Waals surface area (Å²) in [6.45, 7) is 2.78. The molecule has 0 saturated heterocycles. The molecule has 25 heavy (non-hydrogen) atoms. The van der Waals surface area contributed by atoms with Crippen molar-refractivity contribution < 1.29 is 14.2 Å². The van der Waals surface area contributed by atoms with Crippen LogP contribution in [0, 0.1) is 17.3 Å². The van der Waals surface area contributed by atoms with Crippen molar-refractivity contribution in [1.29, 1.82) is 0 Å². The lowest BCUT2D eigenvalue weighted by Gasteiger charge is -2.50. The Morgan fingerprint density at radius 1 is 1.16 bits per heavy atom. The van der Waals surface area contributed by atoms with Gasteiger partial charge in [-0.05, 0) is 94.8 Å². The maximum atomic E-state index is 5.87. The average Bonchev–Trinajstić information content (AvgIpc) is 2.97. The van der Waals surface area contributed by atoms with E-state index in [2.05, 4.69) is 35.0 Å². The molecular formula is C21H29BrO3. The van der Waals surface area contributed by atoms with Gasteiger partial charge in [0.1, 0.15) is 5.75 Å². The van der Waals surface area contributed by atoms with E-state index in [9.17, 15) is 0 Å². The first-order valence-electron chi connectivity index (χ1n) is 9.56. The molecule has 3 aliphatic rings. The Morgan fingerprint density at radius 2 is 2.00 bits per heavy atom. The largest absolute Gasteiger partial charge is 0.466 e. The van der Waals surface area contributed by atoms with Gasteiger partial charge in [0.2, 0.25) is 0 Å². The number of methoxy groups -OCH3 is 2. The van der Waals surface area contributed by atoms with Crippen LogP contribution in [-0.2, 0) is 15.9 Å². The average molecular weight is 409 g/mol. The number of benzene rings is 1. The van der Waals surface area contributed by atoms with Crippen molar-refractivity contribution in [2.45, 2.75) is 57.5 Å². The zero-order valence-corrected chi connectivity index (χ0v) is 17.1. The maximum Gasteiger partial charge on any atom is 0.188 e. The second kappa shape index (κ2) is 6.86. The van der Waals surface area contributed by atoms with Crippen molar-refractivity contribution in [2.75, 3.05) is 21.0 Å². The molecule has 1 aromatic carbocycles. The molecule has 0 spiro atoms. The van der Waals surface area contributed by atoms with E-state index < -0.39 is 0 Å². The molecule has 1 aromatic rings. The van der Waals surface area contributed by atoms with Gasteiger partial charge in [0, 0.05) is 14.2 Å². The second-order valence-corrected chi connectivity index (χ2v) is 9.05. The molecule has 0 heterocycles. The summed E-state index contributed by atoms with van der Waals surface area (Å²) in [5.74, 6) is 3.22. The molecule has 0 aliphatic heterocycles. The summed E-state index contributed by atoms with van der Waals surface area (Å²) in [5, 5.41) is 0. The first-order valence-corrected chi connectivity index (χ1v) is 10.3. The summed E-state index contributed by atoms with van der Waals surface area (Å²) in [6.07, 6.45) is 8.04. The minimum absolute atomic E-state index is 0.294. The Bertz CT molecular complexity index is 646. The lowest BCUT2D eigenvalue weighted by atomic mass is 9.55. The van der Waals surface area contributed by atoms with Crippen molar-refractivity contribution >= 4 is 15.9 Å². The van der Waals surface area contributed by atoms with Gasteiger partial charge >= 0.3 is 0 Å². The van der Waals surface area contributed by atoms with Gasteiger partial charge in [-0.15, -0.1) is 0 Å². The predicted molar refractivity (Wildman–Crippen MR) is 102 cm³/mol. The Balaban J connectivity index is 1.63. The third-order valence-electron chi connectivity index (χ3n) is 7.34. The summed E-state index contributed by atoms with van der Waals surface area (Å²) in [6, 6.07) is 4.43. The van der Waals surface area contributed by atoms with Gasteiger partial charge in [0.15, 0.2) is 6.79 Å². The fourth-order valence-electron chi connectivity index (χ4n) is 6.18. The molecule has 5 atom stereocenters. The first kappa shape index (κ1) is 17.8. The van der Waals surface area contributed by atoms with Crippen LogP contribution in [0.1, 0.15) is 56.1 Å². The van der Waals surface area contributed by atoms with Gasteiger partial charge in [-0.3, -0.25) is 0 Å². The Kier molecular flexibility index (Phi) is 4.89. The number of hydrogen-bond acceptors (Lipinski definition) is 3. The monoisotopic (exact) mass is 408 g/mol. The number of fused-ring (bicyclic) bond motifs is 5. The van der Waals surface area contributed by atoms with E-state index in [1.807, 2.05) is 7.11 Å². The van der Waals surface area contributed by atoms with E-state index in [-0.39, 0.29) is 0 Å². The standard InChI is InChI=1S/C21H29BrO3/c1-21-11-10-14-13-6-8-18(25-12-23-2)20(22)16(13)5-4-15(14)17(21)7-9-19(21)24-3/h6,8,14-15,17,19H,4-5,7,9-12H2,1-3H3/t14-,15-,17+,19+,21+/m1/s1. The van der Waals surface area contributed by atoms with E-state index in [4.69, 9.17) is 14.2 Å². The van der Waals surface area contributed by atoms with E-state index in [0.717, 1.165) is 28.5 Å². The number of halogens is 1. The smallest absolute Gasteiger partial charge is 0.188 e. The molecule has 0 amide bonds. The van der Waals surface area contributed by atoms with Crippen LogP contribution < -0.4 is 4.74 Å². The van der Waals surface area contributed by atoms with Gasteiger partial charge in [-0.25, -0.2) is 0 Å². The van der Waals surface area contributed by atoms with Crippen LogP contribution in [0.3, 0.4) is 0 Å². The molecule has 4 rings (SSSR count). The van der Waals surface area contributed by atoms with Gasteiger partial charge in [0.25, 0.3) is 0 Å². The van der Waals surface area contributed by atoms with Crippen LogP contribution in [0.5, 0.6) is 5.75 Å². The van der Waals surface area contributed by atoms with Crippen molar-refractivity contribution in [3.8, 4) is 5.75 Å². The Labute approximate surface area is 159 Å². The fraction of sp³-hybridized carbons (Fsp3) is 0.714. The molecule has 2 fully saturated rings. The summed E-state index contributed by atoms with van der Waals surface area (Å²) in [7, 11) is 3.56. The first-order chi connectivity index (χ1) is 12.1. The quantitative estimate of drug-likeness (QED) is 0.632. The minimum Gasteiger partial charge on any atom is -0.466 e. The SMILES string of the molecule is COCOc1ccc2c(c1Br)CC[C@@H]1[C@@H]2CC[C@]2(C)[C@@H](OC)CC[C@@H]12. The van der Waals surface area contributed by atoms with Gasteiger partial charge in [-0.2, -0.15) is 0 Å². The fourth-order valence-corrected chi connectivity index (χ4v) is 6.85. The van der Waals surface area contributed by atoms with Crippen LogP contribution in [0.25, 0.3) is 0 Å². The molecule has 0 bridgehead atoms. The molecule has 0 radical (unpaired) electrons. The molecule has 4 heteroatoms. The van der Waals surface area contributed by atoms with Crippen molar-refractivity contribution in [1.82, 2.24) is 0 Å². The Hall–Kier alpha value is -0.580. The Morgan fingerprint density at radius 3 is 2.76 bits per heavy atom. The third-order valence-corrected chi connectivity index (χ3v) is 8.21.